The molecule has 0 spiro atoms. The molecule has 1 aliphatic rings. The lowest BCUT2D eigenvalue weighted by atomic mass is 10.2. The van der Waals surface area contributed by atoms with Gasteiger partial charge in [0.05, 0.1) is 12.3 Å². The maximum absolute atomic E-state index is 11.8. The summed E-state index contributed by atoms with van der Waals surface area (Å²) in [6.45, 7) is 5.60. The molecule has 1 fully saturated rings. The molecule has 96 valence electrons. The second-order valence-corrected chi connectivity index (χ2v) is 3.59. The number of hydrogen-bond acceptors (Lipinski definition) is 5. The zero-order chi connectivity index (χ0) is 12.5. The minimum atomic E-state index is -0.392. The first-order valence-electron chi connectivity index (χ1n) is 5.59. The molecule has 6 nitrogen and oxygen atoms in total. The smallest absolute Gasteiger partial charge is 0.243 e. The van der Waals surface area contributed by atoms with Crippen LogP contribution in [-0.4, -0.2) is 51.1 Å². The van der Waals surface area contributed by atoms with E-state index >= 15 is 0 Å². The third-order valence-electron chi connectivity index (χ3n) is 2.30. The fourth-order valence-corrected chi connectivity index (χ4v) is 1.50. The van der Waals surface area contributed by atoms with Gasteiger partial charge in [-0.05, 0) is 0 Å². The lowest BCUT2D eigenvalue weighted by molar-refractivity contribution is -0.121. The molecule has 0 aromatic rings. The quantitative estimate of drug-likeness (QED) is 0.364. The minimum absolute atomic E-state index is 0.0968. The summed E-state index contributed by atoms with van der Waals surface area (Å²) in [4.78, 5) is 16.8. The van der Waals surface area contributed by atoms with Crippen molar-refractivity contribution in [3.8, 4) is 0 Å². The Morgan fingerprint density at radius 3 is 3.29 bits per heavy atom. The molecule has 1 amide bonds. The van der Waals surface area contributed by atoms with Crippen LogP contribution in [0.4, 0.5) is 0 Å². The number of methoxy groups -OCH3 is 1. The number of nitrogens with zero attached hydrogens (tertiary/aromatic N) is 1. The zero-order valence-electron chi connectivity index (χ0n) is 10.1. The van der Waals surface area contributed by atoms with E-state index in [1.54, 1.807) is 13.2 Å². The van der Waals surface area contributed by atoms with Gasteiger partial charge in [-0.3, -0.25) is 4.79 Å². The van der Waals surface area contributed by atoms with Crippen molar-refractivity contribution in [1.82, 2.24) is 10.6 Å². The molecular formula is C11H19N3O3. The van der Waals surface area contributed by atoms with E-state index in [1.807, 2.05) is 0 Å². The Bertz CT molecular complexity index is 292. The molecule has 1 heterocycles. The maximum atomic E-state index is 11.8. The van der Waals surface area contributed by atoms with Gasteiger partial charge in [-0.25, -0.2) is 0 Å². The maximum Gasteiger partial charge on any atom is 0.243 e. The van der Waals surface area contributed by atoms with Crippen molar-refractivity contribution in [2.45, 2.75) is 12.5 Å². The second kappa shape index (κ2) is 7.81. The van der Waals surface area contributed by atoms with Crippen molar-refractivity contribution in [3.63, 3.8) is 0 Å². The lowest BCUT2D eigenvalue weighted by Crippen LogP contribution is -2.45. The number of nitrogens with one attached hydrogen (secondary N) is 2. The van der Waals surface area contributed by atoms with E-state index in [-0.39, 0.29) is 5.91 Å². The van der Waals surface area contributed by atoms with Crippen LogP contribution in [0.5, 0.6) is 0 Å². The summed E-state index contributed by atoms with van der Waals surface area (Å²) in [6.07, 6.45) is 2.33. The Balaban J connectivity index is 2.41. The van der Waals surface area contributed by atoms with Gasteiger partial charge in [-0.15, -0.1) is 0 Å². The highest BCUT2D eigenvalue weighted by atomic mass is 16.6. The molecule has 0 radical (unpaired) electrons. The fourth-order valence-electron chi connectivity index (χ4n) is 1.50. The molecule has 2 N–H and O–H groups in total. The standard InChI is InChI=1S/C11H19N3O3/c1-3-7-17-14-9-4-5-12-10(9)11(15)13-6-8-16-2/h3,10,12H,1,4-8H2,2H3,(H,13,15). The largest absolute Gasteiger partial charge is 0.392 e. The Kier molecular flexibility index (Phi) is 6.27. The number of carbonyl (C=O) groups excluding carboxylic acids is 1. The highest BCUT2D eigenvalue weighted by Gasteiger charge is 2.29. The van der Waals surface area contributed by atoms with Crippen LogP contribution < -0.4 is 10.6 Å². The van der Waals surface area contributed by atoms with Gasteiger partial charge in [0, 0.05) is 26.6 Å². The Morgan fingerprint density at radius 2 is 2.59 bits per heavy atom. The molecule has 6 heteroatoms. The van der Waals surface area contributed by atoms with Gasteiger partial charge in [0.1, 0.15) is 12.6 Å². The van der Waals surface area contributed by atoms with Crippen LogP contribution in [0.1, 0.15) is 6.42 Å². The molecule has 0 saturated carbocycles. The van der Waals surface area contributed by atoms with Crippen LogP contribution in [0.3, 0.4) is 0 Å². The molecule has 1 unspecified atom stereocenters. The van der Waals surface area contributed by atoms with Gasteiger partial charge in [0.2, 0.25) is 5.91 Å². The Morgan fingerprint density at radius 1 is 1.76 bits per heavy atom. The van der Waals surface area contributed by atoms with Crippen molar-refractivity contribution in [3.05, 3.63) is 12.7 Å². The van der Waals surface area contributed by atoms with Crippen molar-refractivity contribution < 1.29 is 14.4 Å². The van der Waals surface area contributed by atoms with Gasteiger partial charge in [-0.1, -0.05) is 17.8 Å². The van der Waals surface area contributed by atoms with Gasteiger partial charge in [0.15, 0.2) is 0 Å². The van der Waals surface area contributed by atoms with Crippen molar-refractivity contribution in [2.75, 3.05) is 33.4 Å². The predicted molar refractivity (Wildman–Crippen MR) is 64.9 cm³/mol. The average molecular weight is 241 g/mol. The van der Waals surface area contributed by atoms with Gasteiger partial charge >= 0.3 is 0 Å². The van der Waals surface area contributed by atoms with Crippen LogP contribution in [0, 0.1) is 0 Å². The molecule has 17 heavy (non-hydrogen) atoms. The molecule has 1 rings (SSSR count). The number of rotatable bonds is 7. The first kappa shape index (κ1) is 13.7. The molecule has 0 aromatic carbocycles. The number of hydrogen-bond donors (Lipinski definition) is 2. The van der Waals surface area contributed by atoms with Crippen LogP contribution in [0.15, 0.2) is 17.8 Å². The molecule has 0 aliphatic carbocycles. The molecule has 0 bridgehead atoms. The van der Waals surface area contributed by atoms with E-state index < -0.39 is 6.04 Å². The summed E-state index contributed by atoms with van der Waals surface area (Å²) >= 11 is 0. The summed E-state index contributed by atoms with van der Waals surface area (Å²) in [7, 11) is 1.59. The number of amides is 1. The first-order chi connectivity index (χ1) is 8.29. The monoisotopic (exact) mass is 241 g/mol. The first-order valence-corrected chi connectivity index (χ1v) is 5.59. The zero-order valence-corrected chi connectivity index (χ0v) is 10.1. The van der Waals surface area contributed by atoms with Crippen LogP contribution >= 0.6 is 0 Å². The molecule has 1 atom stereocenters. The third-order valence-corrected chi connectivity index (χ3v) is 2.30. The van der Waals surface area contributed by atoms with E-state index in [0.29, 0.717) is 19.8 Å². The van der Waals surface area contributed by atoms with Crippen molar-refractivity contribution >= 4 is 11.6 Å². The predicted octanol–water partition coefficient (Wildman–Crippen LogP) is -0.330. The van der Waals surface area contributed by atoms with Crippen molar-refractivity contribution in [1.29, 1.82) is 0 Å². The number of oxime groups is 1. The molecule has 0 aromatic heterocycles. The normalized spacial score (nSPS) is 21.5. The van der Waals surface area contributed by atoms with E-state index in [2.05, 4.69) is 22.4 Å². The molecule has 1 aliphatic heterocycles. The van der Waals surface area contributed by atoms with E-state index in [4.69, 9.17) is 9.57 Å². The fraction of sp³-hybridized carbons (Fsp3) is 0.636. The SMILES string of the molecule is C=CCON=C1CCNC1C(=O)NCCOC. The average Bonchev–Trinajstić information content (AvgIpc) is 2.78. The lowest BCUT2D eigenvalue weighted by Gasteiger charge is -2.11. The van der Waals surface area contributed by atoms with Gasteiger partial charge in [0.25, 0.3) is 0 Å². The Labute approximate surface area is 101 Å². The Hall–Kier alpha value is -1.40. The minimum Gasteiger partial charge on any atom is -0.392 e. The van der Waals surface area contributed by atoms with Crippen LogP contribution in [0.25, 0.3) is 0 Å². The number of carbonyl (C=O) groups is 1. The summed E-state index contributed by atoms with van der Waals surface area (Å²) < 4.78 is 4.86. The van der Waals surface area contributed by atoms with E-state index in [1.165, 1.54) is 0 Å². The summed E-state index contributed by atoms with van der Waals surface area (Å²) in [6, 6.07) is -0.392. The molecule has 1 saturated heterocycles. The summed E-state index contributed by atoms with van der Waals surface area (Å²) in [5.74, 6) is -0.0968. The second-order valence-electron chi connectivity index (χ2n) is 3.59. The number of ether oxygens (including phenoxy) is 1. The topological polar surface area (TPSA) is 72.0 Å². The highest BCUT2D eigenvalue weighted by Crippen LogP contribution is 2.04. The van der Waals surface area contributed by atoms with Crippen molar-refractivity contribution in [2.24, 2.45) is 5.16 Å². The summed E-state index contributed by atoms with van der Waals surface area (Å²) in [5, 5.41) is 9.77. The summed E-state index contributed by atoms with van der Waals surface area (Å²) in [5.41, 5.74) is 0.724. The van der Waals surface area contributed by atoms with E-state index in [0.717, 1.165) is 18.7 Å². The third kappa shape index (κ3) is 4.54. The van der Waals surface area contributed by atoms with Gasteiger partial charge < -0.3 is 20.2 Å². The highest BCUT2D eigenvalue weighted by molar-refractivity contribution is 6.09. The van der Waals surface area contributed by atoms with Crippen LogP contribution in [-0.2, 0) is 14.4 Å². The van der Waals surface area contributed by atoms with Crippen LogP contribution in [0.2, 0.25) is 0 Å². The van der Waals surface area contributed by atoms with E-state index in [9.17, 15) is 4.79 Å². The molecular weight excluding hydrogens is 222 g/mol. The van der Waals surface area contributed by atoms with Gasteiger partial charge in [-0.2, -0.15) is 0 Å².